The summed E-state index contributed by atoms with van der Waals surface area (Å²) in [7, 11) is 0. The molecule has 0 unspecified atom stereocenters. The third kappa shape index (κ3) is 4.83. The molecule has 1 aliphatic rings. The molecule has 0 atom stereocenters. The van der Waals surface area contributed by atoms with Gasteiger partial charge < -0.3 is 5.32 Å². The Morgan fingerprint density at radius 1 is 1.16 bits per heavy atom. The van der Waals surface area contributed by atoms with Crippen molar-refractivity contribution in [2.45, 2.75) is 32.7 Å². The first-order valence-electron chi connectivity index (χ1n) is 9.01. The number of amides is 1. The Kier molecular flexibility index (Phi) is 6.11. The zero-order chi connectivity index (χ0) is 17.6. The van der Waals surface area contributed by atoms with Crippen LogP contribution in [-0.4, -0.2) is 23.9 Å². The fourth-order valence-corrected chi connectivity index (χ4v) is 3.65. The molecule has 3 nitrogen and oxygen atoms in total. The number of hydrogen-bond acceptors (Lipinski definition) is 2. The van der Waals surface area contributed by atoms with Gasteiger partial charge in [0.25, 0.3) is 0 Å². The summed E-state index contributed by atoms with van der Waals surface area (Å²) in [6.07, 6.45) is 2.73. The third-order valence-electron chi connectivity index (χ3n) is 4.91. The van der Waals surface area contributed by atoms with E-state index in [4.69, 9.17) is 11.6 Å². The van der Waals surface area contributed by atoms with Gasteiger partial charge >= 0.3 is 0 Å². The van der Waals surface area contributed by atoms with E-state index in [2.05, 4.69) is 29.3 Å². The lowest BCUT2D eigenvalue weighted by Crippen LogP contribution is -2.37. The number of likely N-dealkylation sites (tertiary alicyclic amines) is 1. The number of anilines is 1. The largest absolute Gasteiger partial charge is 0.326 e. The van der Waals surface area contributed by atoms with E-state index in [-0.39, 0.29) is 11.8 Å². The van der Waals surface area contributed by atoms with Crippen molar-refractivity contribution in [2.75, 3.05) is 18.4 Å². The number of para-hydroxylation sites is 1. The molecule has 2 aromatic carbocycles. The minimum Gasteiger partial charge on any atom is -0.326 e. The molecule has 0 saturated carbocycles. The Labute approximate surface area is 155 Å². The highest BCUT2D eigenvalue weighted by atomic mass is 35.5. The van der Waals surface area contributed by atoms with Crippen LogP contribution in [0.3, 0.4) is 0 Å². The Morgan fingerprint density at radius 2 is 1.92 bits per heavy atom. The van der Waals surface area contributed by atoms with Crippen LogP contribution in [0.1, 0.15) is 30.9 Å². The van der Waals surface area contributed by atoms with E-state index in [9.17, 15) is 4.79 Å². The summed E-state index contributed by atoms with van der Waals surface area (Å²) in [5.74, 6) is 0.254. The lowest BCUT2D eigenvalue weighted by Gasteiger charge is -2.31. The Balaban J connectivity index is 1.52. The molecule has 132 valence electrons. The van der Waals surface area contributed by atoms with Crippen LogP contribution in [-0.2, 0) is 17.8 Å². The van der Waals surface area contributed by atoms with Gasteiger partial charge in [-0.2, -0.15) is 0 Å². The molecule has 1 heterocycles. The van der Waals surface area contributed by atoms with E-state index in [1.165, 1.54) is 11.1 Å². The summed E-state index contributed by atoms with van der Waals surface area (Å²) >= 11 is 6.06. The molecule has 0 spiro atoms. The third-order valence-corrected chi connectivity index (χ3v) is 5.14. The molecule has 3 rings (SSSR count). The molecule has 0 aromatic heterocycles. The van der Waals surface area contributed by atoms with Crippen LogP contribution in [0.4, 0.5) is 5.69 Å². The minimum absolute atomic E-state index is 0.0977. The van der Waals surface area contributed by atoms with Crippen LogP contribution in [0.15, 0.2) is 48.5 Å². The number of nitrogens with zero attached hydrogens (tertiary/aromatic N) is 1. The highest BCUT2D eigenvalue weighted by Gasteiger charge is 2.25. The molecule has 25 heavy (non-hydrogen) atoms. The molecule has 4 heteroatoms. The van der Waals surface area contributed by atoms with Gasteiger partial charge in [0.05, 0.1) is 0 Å². The summed E-state index contributed by atoms with van der Waals surface area (Å²) in [6, 6.07) is 16.1. The van der Waals surface area contributed by atoms with E-state index in [1.807, 2.05) is 36.4 Å². The minimum atomic E-state index is 0.0977. The fourth-order valence-electron chi connectivity index (χ4n) is 3.43. The van der Waals surface area contributed by atoms with Gasteiger partial charge in [0.2, 0.25) is 5.91 Å². The number of halogens is 1. The maximum Gasteiger partial charge on any atom is 0.227 e. The maximum atomic E-state index is 12.6. The van der Waals surface area contributed by atoms with Crippen LogP contribution >= 0.6 is 11.6 Å². The van der Waals surface area contributed by atoms with Gasteiger partial charge in [0.1, 0.15) is 0 Å². The molecule has 0 radical (unpaired) electrons. The molecular weight excluding hydrogens is 332 g/mol. The van der Waals surface area contributed by atoms with Gasteiger partial charge in [-0.15, -0.1) is 0 Å². The number of hydrogen-bond donors (Lipinski definition) is 1. The summed E-state index contributed by atoms with van der Waals surface area (Å²) in [5, 5.41) is 3.91. The Bertz CT molecular complexity index is 723. The average Bonchev–Trinajstić information content (AvgIpc) is 2.63. The van der Waals surface area contributed by atoms with E-state index >= 15 is 0 Å². The second kappa shape index (κ2) is 8.50. The van der Waals surface area contributed by atoms with Crippen molar-refractivity contribution in [1.82, 2.24) is 4.90 Å². The molecular formula is C21H25ClN2O. The lowest BCUT2D eigenvalue weighted by molar-refractivity contribution is -0.121. The summed E-state index contributed by atoms with van der Waals surface area (Å²) in [6.45, 7) is 4.90. The molecule has 0 aliphatic carbocycles. The van der Waals surface area contributed by atoms with Crippen LogP contribution < -0.4 is 5.32 Å². The van der Waals surface area contributed by atoms with Crippen molar-refractivity contribution in [3.05, 3.63) is 64.7 Å². The van der Waals surface area contributed by atoms with E-state index in [0.29, 0.717) is 0 Å². The molecule has 1 amide bonds. The van der Waals surface area contributed by atoms with Crippen LogP contribution in [0, 0.1) is 5.92 Å². The molecule has 0 bridgehead atoms. The average molecular weight is 357 g/mol. The number of aryl methyl sites for hydroxylation is 1. The van der Waals surface area contributed by atoms with Gasteiger partial charge in [-0.3, -0.25) is 9.69 Å². The van der Waals surface area contributed by atoms with Crippen molar-refractivity contribution < 1.29 is 4.79 Å². The van der Waals surface area contributed by atoms with Crippen molar-refractivity contribution in [3.63, 3.8) is 0 Å². The predicted molar refractivity (Wildman–Crippen MR) is 104 cm³/mol. The van der Waals surface area contributed by atoms with Crippen molar-refractivity contribution in [1.29, 1.82) is 0 Å². The first kappa shape index (κ1) is 18.0. The number of benzene rings is 2. The smallest absolute Gasteiger partial charge is 0.227 e. The summed E-state index contributed by atoms with van der Waals surface area (Å²) < 4.78 is 0. The second-order valence-corrected chi connectivity index (χ2v) is 7.12. The van der Waals surface area contributed by atoms with Gasteiger partial charge in [-0.25, -0.2) is 0 Å². The van der Waals surface area contributed by atoms with Crippen LogP contribution in [0.2, 0.25) is 5.02 Å². The topological polar surface area (TPSA) is 32.3 Å². The predicted octanol–water partition coefficient (Wildman–Crippen LogP) is 4.75. The van der Waals surface area contributed by atoms with Gasteiger partial charge in [0.15, 0.2) is 0 Å². The van der Waals surface area contributed by atoms with E-state index < -0.39 is 0 Å². The molecule has 1 aliphatic heterocycles. The van der Waals surface area contributed by atoms with Crippen molar-refractivity contribution in [2.24, 2.45) is 5.92 Å². The van der Waals surface area contributed by atoms with Crippen LogP contribution in [0.5, 0.6) is 0 Å². The van der Waals surface area contributed by atoms with Crippen molar-refractivity contribution in [3.8, 4) is 0 Å². The van der Waals surface area contributed by atoms with Crippen molar-refractivity contribution >= 4 is 23.2 Å². The number of piperidine rings is 1. The highest BCUT2D eigenvalue weighted by molar-refractivity contribution is 6.30. The normalized spacial score (nSPS) is 15.9. The van der Waals surface area contributed by atoms with Gasteiger partial charge in [-0.05, 0) is 61.7 Å². The molecule has 1 saturated heterocycles. The number of carbonyl (C=O) groups excluding carboxylic acids is 1. The Morgan fingerprint density at radius 3 is 2.64 bits per heavy atom. The fraction of sp³-hybridized carbons (Fsp3) is 0.381. The molecule has 2 aromatic rings. The van der Waals surface area contributed by atoms with Gasteiger partial charge in [-0.1, -0.05) is 48.9 Å². The first-order chi connectivity index (χ1) is 12.2. The SMILES string of the molecule is CCc1ccccc1NC(=O)C1CCN(Cc2cccc(Cl)c2)CC1. The highest BCUT2D eigenvalue weighted by Crippen LogP contribution is 2.23. The lowest BCUT2D eigenvalue weighted by atomic mass is 9.95. The summed E-state index contributed by atoms with van der Waals surface area (Å²) in [4.78, 5) is 15.0. The monoisotopic (exact) mass is 356 g/mol. The quantitative estimate of drug-likeness (QED) is 0.838. The molecule has 1 N–H and O–H groups in total. The molecule has 1 fully saturated rings. The second-order valence-electron chi connectivity index (χ2n) is 6.68. The standard InChI is InChI=1S/C21H25ClN2O/c1-2-17-7-3-4-9-20(17)23-21(25)18-10-12-24(13-11-18)15-16-6-5-8-19(22)14-16/h3-9,14,18H,2,10-13,15H2,1H3,(H,23,25). The zero-order valence-electron chi connectivity index (χ0n) is 14.7. The van der Waals surface area contributed by atoms with E-state index in [0.717, 1.165) is 49.6 Å². The summed E-state index contributed by atoms with van der Waals surface area (Å²) in [5.41, 5.74) is 3.37. The maximum absolute atomic E-state index is 12.6. The first-order valence-corrected chi connectivity index (χ1v) is 9.39. The Hall–Kier alpha value is -1.84. The van der Waals surface area contributed by atoms with Crippen LogP contribution in [0.25, 0.3) is 0 Å². The number of nitrogens with one attached hydrogen (secondary N) is 1. The van der Waals surface area contributed by atoms with E-state index in [1.54, 1.807) is 0 Å². The van der Waals surface area contributed by atoms with Gasteiger partial charge in [0, 0.05) is 23.2 Å². The zero-order valence-corrected chi connectivity index (χ0v) is 15.4. The number of rotatable bonds is 5. The number of carbonyl (C=O) groups is 1.